The Kier molecular flexibility index (Phi) is 6.06. The van der Waals surface area contributed by atoms with Gasteiger partial charge in [-0.05, 0) is 31.0 Å². The van der Waals surface area contributed by atoms with E-state index in [1.54, 1.807) is 32.2 Å². The maximum atomic E-state index is 13.9. The van der Waals surface area contributed by atoms with Gasteiger partial charge in [0.2, 0.25) is 4.33 Å². The number of nitrogens with zero attached hydrogens (tertiary/aromatic N) is 2. The van der Waals surface area contributed by atoms with Crippen LogP contribution >= 0.6 is 30.8 Å². The fourth-order valence-electron chi connectivity index (χ4n) is 4.29. The second-order valence-electron chi connectivity index (χ2n) is 7.41. The standard InChI is InChI=1S/C22H23Cl2N2O4P/c1-3-29-31(28,30-4-2)19(16-10-6-5-7-11-16)26-15-21(22(23,24)20(26)27)14-25-18-13-9-8-12-17(18)21/h5-14,19H,3-4,15H2,1-2H3. The Hall–Kier alpha value is -1.69. The average molecular weight is 481 g/mol. The van der Waals surface area contributed by atoms with Crippen LogP contribution in [0.15, 0.2) is 59.6 Å². The van der Waals surface area contributed by atoms with Gasteiger partial charge < -0.3 is 13.9 Å². The molecule has 2 unspecified atom stereocenters. The van der Waals surface area contributed by atoms with Crippen molar-refractivity contribution in [2.75, 3.05) is 19.8 Å². The Balaban J connectivity index is 1.87. The van der Waals surface area contributed by atoms with E-state index in [2.05, 4.69) is 4.99 Å². The van der Waals surface area contributed by atoms with Gasteiger partial charge in [-0.3, -0.25) is 14.4 Å². The van der Waals surface area contributed by atoms with E-state index >= 15 is 0 Å². The van der Waals surface area contributed by atoms with Crippen LogP contribution in [0.4, 0.5) is 5.69 Å². The molecule has 6 nitrogen and oxygen atoms in total. The molecular weight excluding hydrogens is 458 g/mol. The van der Waals surface area contributed by atoms with Crippen molar-refractivity contribution in [1.82, 2.24) is 4.90 Å². The van der Waals surface area contributed by atoms with Crippen molar-refractivity contribution in [1.29, 1.82) is 0 Å². The molecule has 4 rings (SSSR count). The minimum absolute atomic E-state index is 0.0864. The number of fused-ring (bicyclic) bond motifs is 2. The Morgan fingerprint density at radius 1 is 1.06 bits per heavy atom. The third-order valence-corrected chi connectivity index (χ3v) is 9.04. The van der Waals surface area contributed by atoms with Crippen LogP contribution in [0, 0.1) is 0 Å². The molecule has 2 aromatic rings. The van der Waals surface area contributed by atoms with Crippen molar-refractivity contribution < 1.29 is 18.4 Å². The van der Waals surface area contributed by atoms with Gasteiger partial charge in [-0.1, -0.05) is 71.7 Å². The second-order valence-corrected chi connectivity index (χ2v) is 10.8. The molecule has 2 aliphatic heterocycles. The van der Waals surface area contributed by atoms with E-state index in [-0.39, 0.29) is 19.8 Å². The van der Waals surface area contributed by atoms with E-state index in [0.29, 0.717) is 11.3 Å². The Morgan fingerprint density at radius 2 is 1.68 bits per heavy atom. The van der Waals surface area contributed by atoms with Gasteiger partial charge in [0.25, 0.3) is 5.91 Å². The summed E-state index contributed by atoms with van der Waals surface area (Å²) in [7, 11) is -3.79. The summed E-state index contributed by atoms with van der Waals surface area (Å²) < 4.78 is 23.4. The number of halogens is 2. The predicted molar refractivity (Wildman–Crippen MR) is 122 cm³/mol. The largest absolute Gasteiger partial charge is 0.357 e. The van der Waals surface area contributed by atoms with Crippen LogP contribution in [0.5, 0.6) is 0 Å². The number of carbonyl (C=O) groups excluding carboxylic acids is 1. The molecule has 9 heteroatoms. The molecule has 31 heavy (non-hydrogen) atoms. The molecular formula is C22H23Cl2N2O4P. The Labute approximate surface area is 191 Å². The summed E-state index contributed by atoms with van der Waals surface area (Å²) in [6, 6.07) is 16.4. The van der Waals surface area contributed by atoms with Crippen molar-refractivity contribution in [3.63, 3.8) is 0 Å². The van der Waals surface area contributed by atoms with Crippen LogP contribution in [-0.4, -0.2) is 41.1 Å². The van der Waals surface area contributed by atoms with Gasteiger partial charge in [0, 0.05) is 12.8 Å². The van der Waals surface area contributed by atoms with Gasteiger partial charge in [0.15, 0.2) is 5.78 Å². The fourth-order valence-corrected chi connectivity index (χ4v) is 7.07. The highest BCUT2D eigenvalue weighted by Crippen LogP contribution is 2.66. The van der Waals surface area contributed by atoms with Crippen molar-refractivity contribution in [2.45, 2.75) is 29.4 Å². The Bertz CT molecular complexity index is 1050. The van der Waals surface area contributed by atoms with Crippen molar-refractivity contribution in [3.8, 4) is 0 Å². The SMILES string of the molecule is CCOP(=O)(OCC)C(c1ccccc1)N1CC2(C=Nc3ccccc32)C(Cl)(Cl)C1=O. The van der Waals surface area contributed by atoms with E-state index in [1.807, 2.05) is 42.5 Å². The smallest absolute Gasteiger partial charge is 0.320 e. The average Bonchev–Trinajstić information content (AvgIpc) is 3.22. The van der Waals surface area contributed by atoms with Crippen LogP contribution in [0.3, 0.4) is 0 Å². The highest BCUT2D eigenvalue weighted by atomic mass is 35.5. The number of hydrogen-bond donors (Lipinski definition) is 0. The lowest BCUT2D eigenvalue weighted by Gasteiger charge is -2.34. The minimum atomic E-state index is -3.79. The zero-order chi connectivity index (χ0) is 22.3. The van der Waals surface area contributed by atoms with Gasteiger partial charge in [-0.15, -0.1) is 0 Å². The molecule has 0 N–H and O–H groups in total. The summed E-state index contributed by atoms with van der Waals surface area (Å²) in [4.78, 5) is 19.5. The number of carbonyl (C=O) groups is 1. The molecule has 0 aromatic heterocycles. The highest BCUT2D eigenvalue weighted by molar-refractivity contribution is 7.54. The molecule has 1 spiro atoms. The van der Waals surface area contributed by atoms with E-state index in [0.717, 1.165) is 5.56 Å². The van der Waals surface area contributed by atoms with Crippen molar-refractivity contribution in [2.24, 2.45) is 4.99 Å². The van der Waals surface area contributed by atoms with Gasteiger partial charge in [-0.2, -0.15) is 0 Å². The topological polar surface area (TPSA) is 68.2 Å². The van der Waals surface area contributed by atoms with Crippen LogP contribution in [0.2, 0.25) is 0 Å². The summed E-state index contributed by atoms with van der Waals surface area (Å²) in [5, 5.41) is 0. The first-order valence-corrected chi connectivity index (χ1v) is 12.4. The van der Waals surface area contributed by atoms with E-state index in [9.17, 15) is 9.36 Å². The molecule has 2 aliphatic rings. The van der Waals surface area contributed by atoms with Crippen LogP contribution < -0.4 is 0 Å². The lowest BCUT2D eigenvalue weighted by Crippen LogP contribution is -2.44. The maximum Gasteiger partial charge on any atom is 0.357 e. The van der Waals surface area contributed by atoms with Gasteiger partial charge in [-0.25, -0.2) is 0 Å². The minimum Gasteiger partial charge on any atom is -0.320 e. The molecule has 0 radical (unpaired) electrons. The first kappa shape index (κ1) is 22.5. The van der Waals surface area contributed by atoms with Crippen molar-refractivity contribution >= 4 is 48.6 Å². The van der Waals surface area contributed by atoms with E-state index < -0.39 is 29.0 Å². The Morgan fingerprint density at radius 3 is 2.32 bits per heavy atom. The van der Waals surface area contributed by atoms with Gasteiger partial charge >= 0.3 is 7.60 Å². The molecule has 0 aliphatic carbocycles. The second kappa shape index (κ2) is 8.34. The van der Waals surface area contributed by atoms with E-state index in [4.69, 9.17) is 32.2 Å². The summed E-state index contributed by atoms with van der Waals surface area (Å²) in [6.45, 7) is 3.86. The first-order valence-electron chi connectivity index (χ1n) is 10.1. The lowest BCUT2D eigenvalue weighted by molar-refractivity contribution is -0.129. The predicted octanol–water partition coefficient (Wildman–Crippen LogP) is 5.62. The summed E-state index contributed by atoms with van der Waals surface area (Å²) >= 11 is 13.5. The maximum absolute atomic E-state index is 13.9. The number of likely N-dealkylation sites (tertiary alicyclic amines) is 1. The van der Waals surface area contributed by atoms with Gasteiger partial charge in [0.1, 0.15) is 0 Å². The molecule has 1 fully saturated rings. The van der Waals surface area contributed by atoms with Gasteiger partial charge in [0.05, 0.1) is 24.3 Å². The summed E-state index contributed by atoms with van der Waals surface area (Å²) in [5.74, 6) is -1.56. The van der Waals surface area contributed by atoms with Crippen LogP contribution in [0.25, 0.3) is 0 Å². The monoisotopic (exact) mass is 480 g/mol. The van der Waals surface area contributed by atoms with Crippen molar-refractivity contribution in [3.05, 3.63) is 65.7 Å². The number of amides is 1. The molecule has 2 aromatic carbocycles. The van der Waals surface area contributed by atoms with Crippen LogP contribution in [0.1, 0.15) is 30.8 Å². The number of para-hydroxylation sites is 1. The third-order valence-electron chi connectivity index (χ3n) is 5.63. The quantitative estimate of drug-likeness (QED) is 0.380. The number of hydrogen-bond acceptors (Lipinski definition) is 5. The number of alkyl halides is 2. The van der Waals surface area contributed by atoms with Crippen LogP contribution in [-0.2, 0) is 23.8 Å². The molecule has 164 valence electrons. The highest BCUT2D eigenvalue weighted by Gasteiger charge is 2.67. The zero-order valence-electron chi connectivity index (χ0n) is 17.2. The zero-order valence-corrected chi connectivity index (χ0v) is 19.6. The number of rotatable bonds is 7. The molecule has 0 bridgehead atoms. The number of benzene rings is 2. The molecule has 2 atom stereocenters. The molecule has 1 amide bonds. The fraction of sp³-hybridized carbons (Fsp3) is 0.364. The van der Waals surface area contributed by atoms with E-state index in [1.165, 1.54) is 4.90 Å². The molecule has 1 saturated heterocycles. The first-order chi connectivity index (χ1) is 14.8. The lowest BCUT2D eigenvalue weighted by atomic mass is 9.81. The summed E-state index contributed by atoms with van der Waals surface area (Å²) in [5.41, 5.74) is 0.993. The third kappa shape index (κ3) is 3.46. The normalized spacial score (nSPS) is 22.8. The number of aliphatic imine (C=N–C) groups is 1. The summed E-state index contributed by atoms with van der Waals surface area (Å²) in [6.07, 6.45) is 1.63. The molecule has 2 heterocycles. The molecule has 0 saturated carbocycles.